The van der Waals surface area contributed by atoms with Gasteiger partial charge in [0.2, 0.25) is 0 Å². The first-order valence-electron chi connectivity index (χ1n) is 5.85. The van der Waals surface area contributed by atoms with E-state index in [0.29, 0.717) is 6.54 Å². The third-order valence-electron chi connectivity index (χ3n) is 3.44. The van der Waals surface area contributed by atoms with Crippen LogP contribution in [0.5, 0.6) is 0 Å². The average molecular weight is 220 g/mol. The van der Waals surface area contributed by atoms with Crippen LogP contribution in [-0.2, 0) is 6.54 Å². The molecule has 1 aliphatic heterocycles. The smallest absolute Gasteiger partial charge is 0.0437 e. The van der Waals surface area contributed by atoms with Gasteiger partial charge in [-0.15, -0.1) is 0 Å². The second-order valence-corrected chi connectivity index (χ2v) is 4.81. The van der Waals surface area contributed by atoms with E-state index >= 15 is 0 Å². The molecule has 0 bridgehead atoms. The van der Waals surface area contributed by atoms with Crippen molar-refractivity contribution in [1.29, 1.82) is 0 Å². The van der Waals surface area contributed by atoms with Crippen LogP contribution in [0.1, 0.15) is 12.0 Å². The Hall–Kier alpha value is -0.900. The fourth-order valence-electron chi connectivity index (χ4n) is 2.48. The Morgan fingerprint density at radius 3 is 2.50 bits per heavy atom. The fraction of sp³-hybridized carbons (Fsp3) is 0.538. The van der Waals surface area contributed by atoms with Gasteiger partial charge in [-0.2, -0.15) is 0 Å². The number of aliphatic hydroxyl groups is 1. The van der Waals surface area contributed by atoms with Crippen LogP contribution in [0, 0.1) is 5.41 Å². The van der Waals surface area contributed by atoms with E-state index in [0.717, 1.165) is 26.1 Å². The Morgan fingerprint density at radius 2 is 1.94 bits per heavy atom. The van der Waals surface area contributed by atoms with Crippen molar-refractivity contribution in [3.05, 3.63) is 35.9 Å². The molecule has 88 valence electrons. The largest absolute Gasteiger partial charge is 0.396 e. The van der Waals surface area contributed by atoms with Gasteiger partial charge < -0.3 is 10.8 Å². The zero-order valence-corrected chi connectivity index (χ0v) is 9.60. The van der Waals surface area contributed by atoms with Crippen LogP contribution in [0.3, 0.4) is 0 Å². The summed E-state index contributed by atoms with van der Waals surface area (Å²) in [5, 5.41) is 9.00. The molecule has 0 amide bonds. The number of nitrogens with two attached hydrogens (primary N) is 1. The zero-order valence-electron chi connectivity index (χ0n) is 9.60. The maximum Gasteiger partial charge on any atom is 0.0437 e. The van der Waals surface area contributed by atoms with Gasteiger partial charge in [-0.1, -0.05) is 30.3 Å². The molecule has 3 N–H and O–H groups in total. The van der Waals surface area contributed by atoms with E-state index in [1.165, 1.54) is 5.56 Å². The first-order valence-corrected chi connectivity index (χ1v) is 5.85. The maximum atomic E-state index is 9.00. The summed E-state index contributed by atoms with van der Waals surface area (Å²) in [6.45, 7) is 3.95. The number of benzene rings is 1. The molecule has 0 aromatic heterocycles. The minimum atomic E-state index is 0.170. The quantitative estimate of drug-likeness (QED) is 0.772. The zero-order chi connectivity index (χ0) is 11.4. The van der Waals surface area contributed by atoms with Gasteiger partial charge in [-0.3, -0.25) is 4.90 Å². The van der Waals surface area contributed by atoms with Gasteiger partial charge >= 0.3 is 0 Å². The van der Waals surface area contributed by atoms with E-state index in [9.17, 15) is 0 Å². The maximum absolute atomic E-state index is 9.00. The number of likely N-dealkylation sites (tertiary alicyclic amines) is 1. The molecule has 1 heterocycles. The molecule has 1 aromatic rings. The molecular formula is C13H20N2O. The van der Waals surface area contributed by atoms with Crippen molar-refractivity contribution in [2.45, 2.75) is 13.0 Å². The number of nitrogens with zero attached hydrogens (tertiary/aromatic N) is 1. The van der Waals surface area contributed by atoms with E-state index in [4.69, 9.17) is 10.8 Å². The minimum absolute atomic E-state index is 0.170. The molecule has 3 nitrogen and oxygen atoms in total. The molecule has 0 unspecified atom stereocenters. The monoisotopic (exact) mass is 220 g/mol. The Labute approximate surface area is 96.9 Å². The van der Waals surface area contributed by atoms with Gasteiger partial charge in [0.1, 0.15) is 0 Å². The first kappa shape index (κ1) is 11.6. The van der Waals surface area contributed by atoms with Crippen LogP contribution < -0.4 is 5.73 Å². The summed E-state index contributed by atoms with van der Waals surface area (Å²) in [5.74, 6) is 0. The van der Waals surface area contributed by atoms with E-state index < -0.39 is 0 Å². The van der Waals surface area contributed by atoms with Crippen molar-refractivity contribution in [3.63, 3.8) is 0 Å². The highest BCUT2D eigenvalue weighted by molar-refractivity contribution is 5.15. The molecule has 16 heavy (non-hydrogen) atoms. The van der Waals surface area contributed by atoms with E-state index in [1.807, 2.05) is 6.07 Å². The van der Waals surface area contributed by atoms with E-state index in [2.05, 4.69) is 29.2 Å². The number of rotatable bonds is 5. The van der Waals surface area contributed by atoms with Crippen LogP contribution >= 0.6 is 0 Å². The third-order valence-corrected chi connectivity index (χ3v) is 3.44. The average Bonchev–Trinajstić information content (AvgIpc) is 2.27. The molecule has 1 fully saturated rings. The Balaban J connectivity index is 1.84. The van der Waals surface area contributed by atoms with Crippen LogP contribution in [0.25, 0.3) is 0 Å². The van der Waals surface area contributed by atoms with E-state index in [-0.39, 0.29) is 12.0 Å². The summed E-state index contributed by atoms with van der Waals surface area (Å²) in [7, 11) is 0. The van der Waals surface area contributed by atoms with Gasteiger partial charge in [0.25, 0.3) is 0 Å². The highest BCUT2D eigenvalue weighted by Gasteiger charge is 2.40. The highest BCUT2D eigenvalue weighted by Crippen LogP contribution is 2.33. The highest BCUT2D eigenvalue weighted by atomic mass is 16.3. The summed E-state index contributed by atoms with van der Waals surface area (Å²) in [6, 6.07) is 10.5. The molecule has 0 saturated carbocycles. The van der Waals surface area contributed by atoms with Gasteiger partial charge in [0.05, 0.1) is 0 Å². The van der Waals surface area contributed by atoms with E-state index in [1.54, 1.807) is 0 Å². The number of aliphatic hydroxyl groups excluding tert-OH is 1. The van der Waals surface area contributed by atoms with Gasteiger partial charge in [0, 0.05) is 38.2 Å². The lowest BCUT2D eigenvalue weighted by Gasteiger charge is -2.50. The van der Waals surface area contributed by atoms with Crippen LogP contribution in [-0.4, -0.2) is 36.2 Å². The Bertz CT molecular complexity index is 320. The number of hydrogen-bond donors (Lipinski definition) is 2. The second kappa shape index (κ2) is 4.95. The van der Waals surface area contributed by atoms with Crippen molar-refractivity contribution < 1.29 is 5.11 Å². The lowest BCUT2D eigenvalue weighted by Crippen LogP contribution is -2.59. The number of hydrogen-bond acceptors (Lipinski definition) is 3. The van der Waals surface area contributed by atoms with Crippen LogP contribution in [0.2, 0.25) is 0 Å². The predicted octanol–water partition coefficient (Wildman–Crippen LogP) is 0.830. The standard InChI is InChI=1S/C13H20N2O/c14-9-13(6-7-16)10-15(11-13)8-12-4-2-1-3-5-12/h1-5,16H,6-11,14H2. The SMILES string of the molecule is NCC1(CCO)CN(Cc2ccccc2)C1. The Kier molecular flexibility index (Phi) is 3.59. The summed E-state index contributed by atoms with van der Waals surface area (Å²) in [4.78, 5) is 2.39. The molecule has 3 heteroatoms. The van der Waals surface area contributed by atoms with Crippen molar-refractivity contribution in [3.8, 4) is 0 Å². The molecule has 0 spiro atoms. The van der Waals surface area contributed by atoms with Gasteiger partial charge in [-0.05, 0) is 12.0 Å². The molecule has 0 atom stereocenters. The van der Waals surface area contributed by atoms with Crippen molar-refractivity contribution in [1.82, 2.24) is 4.90 Å². The topological polar surface area (TPSA) is 49.5 Å². The van der Waals surface area contributed by atoms with Crippen molar-refractivity contribution >= 4 is 0 Å². The summed E-state index contributed by atoms with van der Waals surface area (Å²) < 4.78 is 0. The third kappa shape index (κ3) is 2.43. The molecular weight excluding hydrogens is 200 g/mol. The van der Waals surface area contributed by atoms with Crippen LogP contribution in [0.15, 0.2) is 30.3 Å². The van der Waals surface area contributed by atoms with Gasteiger partial charge in [-0.25, -0.2) is 0 Å². The predicted molar refractivity (Wildman–Crippen MR) is 64.9 cm³/mol. The molecule has 1 saturated heterocycles. The summed E-state index contributed by atoms with van der Waals surface area (Å²) >= 11 is 0. The summed E-state index contributed by atoms with van der Waals surface area (Å²) in [5.41, 5.74) is 7.29. The van der Waals surface area contributed by atoms with Crippen LogP contribution in [0.4, 0.5) is 0 Å². The Morgan fingerprint density at radius 1 is 1.25 bits per heavy atom. The summed E-state index contributed by atoms with van der Waals surface area (Å²) in [6.07, 6.45) is 0.828. The lowest BCUT2D eigenvalue weighted by molar-refractivity contribution is -0.0161. The molecule has 1 aliphatic rings. The molecule has 0 radical (unpaired) electrons. The van der Waals surface area contributed by atoms with Crippen molar-refractivity contribution in [2.24, 2.45) is 11.1 Å². The lowest BCUT2D eigenvalue weighted by atomic mass is 9.77. The van der Waals surface area contributed by atoms with Crippen molar-refractivity contribution in [2.75, 3.05) is 26.2 Å². The second-order valence-electron chi connectivity index (χ2n) is 4.81. The molecule has 2 rings (SSSR count). The van der Waals surface area contributed by atoms with Gasteiger partial charge in [0.15, 0.2) is 0 Å². The molecule has 0 aliphatic carbocycles. The normalized spacial score (nSPS) is 19.4. The fourth-order valence-corrected chi connectivity index (χ4v) is 2.48. The minimum Gasteiger partial charge on any atom is -0.396 e. The first-order chi connectivity index (χ1) is 7.78. The molecule has 1 aromatic carbocycles.